The zero-order valence-electron chi connectivity index (χ0n) is 30.0. The zero-order chi connectivity index (χ0) is 34.3. The number of aliphatic hydroxyl groups is 1. The molecule has 4 aliphatic carbocycles. The number of nitrogens with zero attached hydrogens (tertiary/aromatic N) is 1. The molecule has 2 N–H and O–H groups in total. The minimum atomic E-state index is -0.675. The molecule has 0 spiro atoms. The van der Waals surface area contributed by atoms with Crippen LogP contribution < -0.4 is 0 Å². The van der Waals surface area contributed by atoms with Gasteiger partial charge >= 0.3 is 17.9 Å². The van der Waals surface area contributed by atoms with Gasteiger partial charge in [0, 0.05) is 30.8 Å². The highest BCUT2D eigenvalue weighted by molar-refractivity contribution is 5.73. The number of hydrogen-bond donors (Lipinski definition) is 2. The maximum Gasteiger partial charge on any atom is 0.320 e. The standard InChI is InChI=1S/C38H59NO8/c1-22(2)23(3)34(5)14-15-36(7)26-9-10-29-35(6)20-45-21-38(29,27(26)11-13-37(36,8)31(34)33(43)44)17-28(46-24(4)40)32(35)47-30(42)19-39-16-12-25(41)18-39/h11,22-23,25-26,28-29,31-32,41H,9-10,12-21H2,1-8H3,(H,43,44)/t23-,25?,26+,28-,29+,31-,32+,34-,35-,36-,37+,38+/m1/s1. The molecule has 264 valence electrons. The number of aliphatic carboxylic acids is 1. The van der Waals surface area contributed by atoms with Crippen molar-refractivity contribution in [1.82, 2.24) is 4.90 Å². The van der Waals surface area contributed by atoms with Gasteiger partial charge in [0.15, 0.2) is 0 Å². The Morgan fingerprint density at radius 1 is 1.02 bits per heavy atom. The molecular formula is C38H59NO8. The van der Waals surface area contributed by atoms with Gasteiger partial charge in [0.2, 0.25) is 0 Å². The number of carboxylic acids is 1. The van der Waals surface area contributed by atoms with Crippen LogP contribution in [0.1, 0.15) is 100 Å². The van der Waals surface area contributed by atoms with Crippen LogP contribution in [0, 0.1) is 56.7 Å². The van der Waals surface area contributed by atoms with Crippen LogP contribution in [-0.2, 0) is 28.6 Å². The number of aliphatic hydroxyl groups excluding tert-OH is 1. The van der Waals surface area contributed by atoms with E-state index in [-0.39, 0.29) is 46.5 Å². The fraction of sp³-hybridized carbons (Fsp3) is 0.868. The van der Waals surface area contributed by atoms with E-state index in [9.17, 15) is 24.6 Å². The summed E-state index contributed by atoms with van der Waals surface area (Å²) in [7, 11) is 0. The van der Waals surface area contributed by atoms with Gasteiger partial charge in [0.05, 0.1) is 31.8 Å². The number of allylic oxidation sites excluding steroid dienone is 1. The van der Waals surface area contributed by atoms with Gasteiger partial charge in [-0.15, -0.1) is 0 Å². The van der Waals surface area contributed by atoms with Crippen LogP contribution in [0.4, 0.5) is 0 Å². The molecule has 2 heterocycles. The van der Waals surface area contributed by atoms with Crippen molar-refractivity contribution in [3.05, 3.63) is 11.6 Å². The molecule has 6 rings (SSSR count). The van der Waals surface area contributed by atoms with Crippen molar-refractivity contribution in [2.45, 2.75) is 119 Å². The largest absolute Gasteiger partial charge is 0.481 e. The summed E-state index contributed by atoms with van der Waals surface area (Å²) in [5.41, 5.74) is -0.533. The number of β-amino-alcohol motifs (C(OH)–C–C–N with tert-alkyl or cyclic N) is 1. The molecule has 3 saturated carbocycles. The molecule has 0 amide bonds. The Kier molecular flexibility index (Phi) is 8.78. The number of carbonyl (C=O) groups is 3. The predicted molar refractivity (Wildman–Crippen MR) is 176 cm³/mol. The van der Waals surface area contributed by atoms with E-state index in [1.807, 2.05) is 4.90 Å². The monoisotopic (exact) mass is 657 g/mol. The maximum atomic E-state index is 13.4. The van der Waals surface area contributed by atoms with Crippen LogP contribution in [0.2, 0.25) is 0 Å². The van der Waals surface area contributed by atoms with E-state index in [4.69, 9.17) is 14.2 Å². The van der Waals surface area contributed by atoms with Crippen LogP contribution in [0.25, 0.3) is 0 Å². The first-order valence-electron chi connectivity index (χ1n) is 18.2. The van der Waals surface area contributed by atoms with Gasteiger partial charge in [-0.3, -0.25) is 19.3 Å². The van der Waals surface area contributed by atoms with E-state index in [0.29, 0.717) is 51.5 Å². The molecular weight excluding hydrogens is 598 g/mol. The number of esters is 2. The Labute approximate surface area is 281 Å². The SMILES string of the molecule is CC(=O)O[C@@H]1C[C@@]23COC[C@](C)([C@@H]2CC[C@H]2C3=CC[C@@]3(C)[C@H](C(=O)O)[C@@](C)([C@H](C)C(C)C)CC[C@]23C)[C@H]1OC(=O)CN1CCC(O)C1. The molecule has 2 saturated heterocycles. The smallest absolute Gasteiger partial charge is 0.320 e. The summed E-state index contributed by atoms with van der Waals surface area (Å²) in [6, 6.07) is 0. The Morgan fingerprint density at radius 2 is 1.74 bits per heavy atom. The third-order valence-electron chi connectivity index (χ3n) is 15.2. The van der Waals surface area contributed by atoms with Crippen molar-refractivity contribution in [2.24, 2.45) is 56.7 Å². The number of fused-ring (bicyclic) bond motifs is 3. The van der Waals surface area contributed by atoms with Crippen molar-refractivity contribution in [3.63, 3.8) is 0 Å². The summed E-state index contributed by atoms with van der Waals surface area (Å²) in [5, 5.41) is 20.9. The second-order valence-corrected chi connectivity index (χ2v) is 17.8. The summed E-state index contributed by atoms with van der Waals surface area (Å²) in [4.78, 5) is 41.2. The lowest BCUT2D eigenvalue weighted by atomic mass is 9.34. The fourth-order valence-electron chi connectivity index (χ4n) is 12.4. The average molecular weight is 658 g/mol. The second-order valence-electron chi connectivity index (χ2n) is 17.8. The minimum Gasteiger partial charge on any atom is -0.481 e. The van der Waals surface area contributed by atoms with Gasteiger partial charge in [-0.25, -0.2) is 0 Å². The van der Waals surface area contributed by atoms with E-state index in [0.717, 1.165) is 25.7 Å². The molecule has 9 heteroatoms. The average Bonchev–Trinajstić information content (AvgIpc) is 3.38. The molecule has 6 aliphatic rings. The first-order valence-corrected chi connectivity index (χ1v) is 18.2. The van der Waals surface area contributed by atoms with Crippen molar-refractivity contribution in [2.75, 3.05) is 32.8 Å². The Morgan fingerprint density at radius 3 is 2.36 bits per heavy atom. The summed E-state index contributed by atoms with van der Waals surface area (Å²) in [6.07, 6.45) is 6.27. The molecule has 9 nitrogen and oxygen atoms in total. The normalized spacial score (nSPS) is 46.8. The molecule has 5 fully saturated rings. The van der Waals surface area contributed by atoms with E-state index < -0.39 is 47.0 Å². The molecule has 2 aliphatic heterocycles. The number of ether oxygens (including phenoxy) is 3. The Balaban J connectivity index is 1.37. The van der Waals surface area contributed by atoms with Crippen LogP contribution in [0.3, 0.4) is 0 Å². The van der Waals surface area contributed by atoms with E-state index in [1.54, 1.807) is 0 Å². The van der Waals surface area contributed by atoms with Crippen LogP contribution >= 0.6 is 0 Å². The number of carboxylic acid groups (broad SMARTS) is 1. The van der Waals surface area contributed by atoms with Crippen molar-refractivity contribution < 1.29 is 38.8 Å². The van der Waals surface area contributed by atoms with Crippen molar-refractivity contribution in [3.8, 4) is 0 Å². The van der Waals surface area contributed by atoms with Crippen LogP contribution in [0.15, 0.2) is 11.6 Å². The van der Waals surface area contributed by atoms with Gasteiger partial charge in [0.1, 0.15) is 12.2 Å². The highest BCUT2D eigenvalue weighted by Crippen LogP contribution is 2.75. The van der Waals surface area contributed by atoms with Crippen LogP contribution in [0.5, 0.6) is 0 Å². The third kappa shape index (κ3) is 5.14. The summed E-state index contributed by atoms with van der Waals surface area (Å²) < 4.78 is 18.9. The van der Waals surface area contributed by atoms with Gasteiger partial charge < -0.3 is 24.4 Å². The second kappa shape index (κ2) is 11.8. The molecule has 47 heavy (non-hydrogen) atoms. The molecule has 12 atom stereocenters. The summed E-state index contributed by atoms with van der Waals surface area (Å²) in [6.45, 7) is 19.2. The predicted octanol–water partition coefficient (Wildman–Crippen LogP) is 5.49. The molecule has 0 aromatic carbocycles. The van der Waals surface area contributed by atoms with E-state index in [1.165, 1.54) is 12.5 Å². The molecule has 1 unspecified atom stereocenters. The maximum absolute atomic E-state index is 13.4. The fourth-order valence-corrected chi connectivity index (χ4v) is 12.4. The van der Waals surface area contributed by atoms with Gasteiger partial charge in [-0.1, -0.05) is 60.1 Å². The molecule has 0 aromatic rings. The van der Waals surface area contributed by atoms with E-state index in [2.05, 4.69) is 54.5 Å². The summed E-state index contributed by atoms with van der Waals surface area (Å²) in [5.74, 6) is -0.870. The Bertz CT molecular complexity index is 1310. The number of rotatable bonds is 7. The first-order chi connectivity index (χ1) is 21.9. The van der Waals surface area contributed by atoms with Crippen molar-refractivity contribution >= 4 is 17.9 Å². The third-order valence-corrected chi connectivity index (χ3v) is 15.2. The first kappa shape index (κ1) is 34.9. The minimum absolute atomic E-state index is 0.0936. The lowest BCUT2D eigenvalue weighted by Gasteiger charge is -2.71. The van der Waals surface area contributed by atoms with Gasteiger partial charge in [-0.05, 0) is 84.9 Å². The highest BCUT2D eigenvalue weighted by Gasteiger charge is 2.72. The lowest BCUT2D eigenvalue weighted by molar-refractivity contribution is -0.263. The molecule has 2 bridgehead atoms. The summed E-state index contributed by atoms with van der Waals surface area (Å²) >= 11 is 0. The number of likely N-dealkylation sites (tertiary alicyclic amines) is 1. The van der Waals surface area contributed by atoms with E-state index >= 15 is 0 Å². The number of hydrogen-bond acceptors (Lipinski definition) is 8. The quantitative estimate of drug-likeness (QED) is 0.271. The molecule has 0 aromatic heterocycles. The molecule has 0 radical (unpaired) electrons. The highest BCUT2D eigenvalue weighted by atomic mass is 16.6. The Hall–Kier alpha value is -1.97. The van der Waals surface area contributed by atoms with Crippen LogP contribution in [-0.4, -0.2) is 84.2 Å². The van der Waals surface area contributed by atoms with Gasteiger partial charge in [0.25, 0.3) is 0 Å². The lowest BCUT2D eigenvalue weighted by Crippen LogP contribution is -2.70. The topological polar surface area (TPSA) is 123 Å². The van der Waals surface area contributed by atoms with Gasteiger partial charge in [-0.2, -0.15) is 0 Å². The zero-order valence-corrected chi connectivity index (χ0v) is 30.0. The number of carbonyl (C=O) groups excluding carboxylic acids is 2. The van der Waals surface area contributed by atoms with Crippen molar-refractivity contribution in [1.29, 1.82) is 0 Å².